The Hall–Kier alpha value is -2.38. The van der Waals surface area contributed by atoms with E-state index in [2.05, 4.69) is 16.5 Å². The van der Waals surface area contributed by atoms with Crippen LogP contribution < -0.4 is 5.32 Å². The molecule has 1 aliphatic heterocycles. The number of rotatable bonds is 4. The van der Waals surface area contributed by atoms with Gasteiger partial charge in [0.25, 0.3) is 10.0 Å². The molecular weight excluding hydrogens is 348 g/mol. The molecule has 2 N–H and O–H groups in total. The molecule has 2 aromatic heterocycles. The Morgan fingerprint density at radius 1 is 1.27 bits per heavy atom. The van der Waals surface area contributed by atoms with Crippen molar-refractivity contribution in [3.63, 3.8) is 0 Å². The van der Waals surface area contributed by atoms with Gasteiger partial charge in [0, 0.05) is 30.1 Å². The summed E-state index contributed by atoms with van der Waals surface area (Å²) in [5, 5.41) is 7.44. The van der Waals surface area contributed by atoms with Crippen LogP contribution in [0.3, 0.4) is 0 Å². The number of hydrogen-bond donors (Lipinski definition) is 1. The fraction of sp³-hybridized carbons (Fsp3) is 0.316. The Morgan fingerprint density at radius 2 is 2.08 bits per heavy atom. The van der Waals surface area contributed by atoms with Crippen LogP contribution in [0.15, 0.2) is 47.6 Å². The number of aromatic nitrogens is 3. The van der Waals surface area contributed by atoms with Crippen molar-refractivity contribution in [2.45, 2.75) is 31.7 Å². The van der Waals surface area contributed by atoms with Gasteiger partial charge < -0.3 is 5.32 Å². The number of quaternary nitrogens is 1. The summed E-state index contributed by atoms with van der Waals surface area (Å²) >= 11 is 0. The highest BCUT2D eigenvalue weighted by Crippen LogP contribution is 2.32. The molecule has 1 aliphatic rings. The molecular formula is C19H23N4O2S+. The standard InChI is InChI=1S/C19H22N4O2S/c1-3-22-14(2)19(12-21-22)26(24,25)23-13-17(15-8-10-20-11-9-15)16-6-4-5-7-18(16)23/h4-8,12-13,20H,3,9-11H2,1-2H3/p+1. The molecule has 26 heavy (non-hydrogen) atoms. The largest absolute Gasteiger partial charge is 0.343 e. The van der Waals surface area contributed by atoms with Crippen LogP contribution in [0.2, 0.25) is 0 Å². The zero-order chi connectivity index (χ0) is 18.3. The Labute approximate surface area is 153 Å². The zero-order valence-electron chi connectivity index (χ0n) is 15.0. The van der Waals surface area contributed by atoms with Crippen LogP contribution in [-0.4, -0.2) is 35.3 Å². The fourth-order valence-corrected chi connectivity index (χ4v) is 5.19. The molecule has 0 aliphatic carbocycles. The maximum absolute atomic E-state index is 13.4. The Morgan fingerprint density at radius 3 is 2.77 bits per heavy atom. The zero-order valence-corrected chi connectivity index (χ0v) is 15.8. The van der Waals surface area contributed by atoms with Gasteiger partial charge in [0.2, 0.25) is 0 Å². The molecule has 6 nitrogen and oxygen atoms in total. The minimum absolute atomic E-state index is 0.262. The number of benzene rings is 1. The van der Waals surface area contributed by atoms with E-state index in [1.54, 1.807) is 17.8 Å². The van der Waals surface area contributed by atoms with E-state index in [9.17, 15) is 8.42 Å². The first-order valence-corrected chi connectivity index (χ1v) is 10.4. The minimum atomic E-state index is -3.71. The first-order chi connectivity index (χ1) is 12.5. The summed E-state index contributed by atoms with van der Waals surface area (Å²) in [6.45, 7) is 6.36. The molecule has 0 spiro atoms. The lowest BCUT2D eigenvalue weighted by Crippen LogP contribution is -2.84. The first-order valence-electron chi connectivity index (χ1n) is 8.93. The number of fused-ring (bicyclic) bond motifs is 1. The molecule has 1 aromatic carbocycles. The lowest BCUT2D eigenvalue weighted by Gasteiger charge is -2.10. The third-order valence-electron chi connectivity index (χ3n) is 5.07. The summed E-state index contributed by atoms with van der Waals surface area (Å²) in [6.07, 6.45) is 6.38. The number of aryl methyl sites for hydroxylation is 1. The molecule has 0 unspecified atom stereocenters. The predicted molar refractivity (Wildman–Crippen MR) is 101 cm³/mol. The van der Waals surface area contributed by atoms with Gasteiger partial charge in [0.15, 0.2) is 0 Å². The molecule has 0 radical (unpaired) electrons. The van der Waals surface area contributed by atoms with Crippen LogP contribution in [0.5, 0.6) is 0 Å². The molecule has 4 rings (SSSR count). The van der Waals surface area contributed by atoms with Gasteiger partial charge in [-0.25, -0.2) is 12.4 Å². The second kappa shape index (κ2) is 6.41. The summed E-state index contributed by atoms with van der Waals surface area (Å²) in [6, 6.07) is 7.70. The highest BCUT2D eigenvalue weighted by molar-refractivity contribution is 7.90. The normalized spacial score (nSPS) is 15.4. The molecule has 0 saturated carbocycles. The van der Waals surface area contributed by atoms with Gasteiger partial charge in [-0.05, 0) is 31.6 Å². The summed E-state index contributed by atoms with van der Waals surface area (Å²) in [5.41, 5.74) is 3.61. The quantitative estimate of drug-likeness (QED) is 0.759. The first kappa shape index (κ1) is 17.1. The van der Waals surface area contributed by atoms with Crippen molar-refractivity contribution in [2.24, 2.45) is 0 Å². The SMILES string of the molecule is CCn1ncc(S(=O)(=O)n2cc(C3=CC[NH2+]CC3)c3ccccc32)c1C. The van der Waals surface area contributed by atoms with E-state index in [0.717, 1.165) is 30.5 Å². The summed E-state index contributed by atoms with van der Waals surface area (Å²) in [4.78, 5) is 0.262. The van der Waals surface area contributed by atoms with Gasteiger partial charge in [0.1, 0.15) is 4.90 Å². The van der Waals surface area contributed by atoms with Crippen molar-refractivity contribution < 1.29 is 13.7 Å². The van der Waals surface area contributed by atoms with Gasteiger partial charge in [-0.15, -0.1) is 0 Å². The number of para-hydroxylation sites is 1. The number of nitrogens with zero attached hydrogens (tertiary/aromatic N) is 3. The van der Waals surface area contributed by atoms with Crippen LogP contribution >= 0.6 is 0 Å². The van der Waals surface area contributed by atoms with Crippen LogP contribution in [-0.2, 0) is 16.6 Å². The Balaban J connectivity index is 1.94. The number of nitrogens with two attached hydrogens (primary N) is 1. The van der Waals surface area contributed by atoms with Gasteiger partial charge in [-0.2, -0.15) is 5.10 Å². The molecule has 3 heterocycles. The van der Waals surface area contributed by atoms with E-state index in [1.165, 1.54) is 15.7 Å². The van der Waals surface area contributed by atoms with Gasteiger partial charge >= 0.3 is 0 Å². The van der Waals surface area contributed by atoms with E-state index in [-0.39, 0.29) is 4.90 Å². The molecule has 0 atom stereocenters. The molecule has 0 bridgehead atoms. The molecule has 7 heteroatoms. The lowest BCUT2D eigenvalue weighted by atomic mass is 10.00. The van der Waals surface area contributed by atoms with Crippen molar-refractivity contribution in [3.05, 3.63) is 54.0 Å². The lowest BCUT2D eigenvalue weighted by molar-refractivity contribution is -0.646. The second-order valence-electron chi connectivity index (χ2n) is 6.56. The van der Waals surface area contributed by atoms with Gasteiger partial charge in [-0.1, -0.05) is 18.2 Å². The third-order valence-corrected chi connectivity index (χ3v) is 6.84. The van der Waals surface area contributed by atoms with E-state index >= 15 is 0 Å². The molecule has 0 fully saturated rings. The van der Waals surface area contributed by atoms with Crippen LogP contribution in [0.1, 0.15) is 24.6 Å². The van der Waals surface area contributed by atoms with E-state index < -0.39 is 10.0 Å². The van der Waals surface area contributed by atoms with E-state index in [0.29, 0.717) is 17.8 Å². The molecule has 0 amide bonds. The van der Waals surface area contributed by atoms with Crippen LogP contribution in [0.25, 0.3) is 16.5 Å². The van der Waals surface area contributed by atoms with Crippen molar-refractivity contribution in [3.8, 4) is 0 Å². The second-order valence-corrected chi connectivity index (χ2v) is 8.35. The average molecular weight is 371 g/mol. The Kier molecular flexibility index (Phi) is 4.20. The molecule has 0 saturated heterocycles. The molecule has 3 aromatic rings. The summed E-state index contributed by atoms with van der Waals surface area (Å²) in [7, 11) is -3.71. The summed E-state index contributed by atoms with van der Waals surface area (Å²) in [5.74, 6) is 0. The maximum Gasteiger partial charge on any atom is 0.271 e. The maximum atomic E-state index is 13.4. The van der Waals surface area contributed by atoms with E-state index in [1.807, 2.05) is 31.2 Å². The summed E-state index contributed by atoms with van der Waals surface area (Å²) < 4.78 is 29.9. The van der Waals surface area contributed by atoms with Crippen molar-refractivity contribution in [1.82, 2.24) is 13.8 Å². The van der Waals surface area contributed by atoms with Crippen LogP contribution in [0.4, 0.5) is 0 Å². The van der Waals surface area contributed by atoms with Gasteiger partial charge in [-0.3, -0.25) is 4.68 Å². The Bertz CT molecular complexity index is 1110. The minimum Gasteiger partial charge on any atom is -0.343 e. The monoisotopic (exact) mass is 371 g/mol. The van der Waals surface area contributed by atoms with Crippen molar-refractivity contribution >= 4 is 26.5 Å². The average Bonchev–Trinajstić information content (AvgIpc) is 3.24. The molecule has 136 valence electrons. The highest BCUT2D eigenvalue weighted by Gasteiger charge is 2.26. The third kappa shape index (κ3) is 2.59. The van der Waals surface area contributed by atoms with Crippen molar-refractivity contribution in [1.29, 1.82) is 0 Å². The fourth-order valence-electron chi connectivity index (χ4n) is 3.66. The highest BCUT2D eigenvalue weighted by atomic mass is 32.2. The smallest absolute Gasteiger partial charge is 0.271 e. The van der Waals surface area contributed by atoms with Crippen molar-refractivity contribution in [2.75, 3.05) is 13.1 Å². The van der Waals surface area contributed by atoms with E-state index in [4.69, 9.17) is 0 Å². The van der Waals surface area contributed by atoms with Crippen LogP contribution in [0, 0.1) is 6.92 Å². The predicted octanol–water partition coefficient (Wildman–Crippen LogP) is 1.75. The topological polar surface area (TPSA) is 73.5 Å². The number of hydrogen-bond acceptors (Lipinski definition) is 3. The van der Waals surface area contributed by atoms with Gasteiger partial charge in [0.05, 0.1) is 30.5 Å².